The average Bonchev–Trinajstić information content (AvgIpc) is 0.811. The van der Waals surface area contributed by atoms with Crippen molar-refractivity contribution in [1.82, 2.24) is 36.9 Å². The quantitative estimate of drug-likeness (QED) is 0.223. The zero-order valence-corrected chi connectivity index (χ0v) is 7.33. The molecule has 0 aliphatic rings. The van der Waals surface area contributed by atoms with E-state index in [4.69, 9.17) is 15.3 Å². The summed E-state index contributed by atoms with van der Waals surface area (Å²) in [4.78, 5) is 8.36. The Kier molecular flexibility index (Phi) is 1560. The average molecular weight is 224 g/mol. The fourth-order valence-electron chi connectivity index (χ4n) is 0. The minimum absolute atomic E-state index is 0. The zero-order chi connectivity index (χ0) is 3.58. The van der Waals surface area contributed by atoms with E-state index in [0.29, 0.717) is 0 Å². The molecule has 0 fully saturated rings. The molecule has 11 heteroatoms. The van der Waals surface area contributed by atoms with Gasteiger partial charge in [-0.1, -0.05) is 0 Å². The minimum Gasteiger partial charge on any atom is -0.344 e. The Morgan fingerprint density at radius 1 is 0.909 bits per heavy atom. The maximum Gasteiger partial charge on any atom is 0.291 e. The normalized spacial score (nSPS) is 2.18. The Hall–Kier alpha value is -0.534. The molecule has 0 bridgehead atoms. The molecule has 19 N–H and O–H groups in total. The topological polar surface area (TPSA) is 273 Å². The Labute approximate surface area is 74.9 Å². The minimum atomic E-state index is -1.50. The molecule has 0 saturated carbocycles. The van der Waals surface area contributed by atoms with Crippen LogP contribution in [0.5, 0.6) is 0 Å². The number of hydrogen-bond donors (Lipinski definition) is 7. The number of rotatable bonds is 0. The third-order valence-corrected chi connectivity index (χ3v) is 0. The van der Waals surface area contributed by atoms with Crippen LogP contribution in [0.4, 0.5) is 0 Å². The molecule has 81 valence electrons. The van der Waals surface area contributed by atoms with Crippen molar-refractivity contribution in [3.05, 3.63) is 10.1 Å². The first-order valence-corrected chi connectivity index (χ1v) is 0.565. The van der Waals surface area contributed by atoms with Gasteiger partial charge in [-0.25, -0.2) is 0 Å². The summed E-state index contributed by atoms with van der Waals surface area (Å²) < 4.78 is 0. The maximum atomic E-state index is 8.36. The second kappa shape index (κ2) is 112. The first-order valence-electron chi connectivity index (χ1n) is 0.565. The van der Waals surface area contributed by atoms with Crippen molar-refractivity contribution >= 4 is 0 Å². The molecular weight excluding hydrogens is 205 g/mol. The maximum absolute atomic E-state index is 8.36. The Balaban J connectivity index is -0.00000000214. The largest absolute Gasteiger partial charge is 0.344 e. The van der Waals surface area contributed by atoms with Crippen molar-refractivity contribution in [3.63, 3.8) is 0 Å². The Bertz CT molecular complexity index is 36.7. The summed E-state index contributed by atoms with van der Waals surface area (Å²) in [5.41, 5.74) is 0. The van der Waals surface area contributed by atoms with Gasteiger partial charge in [0.05, 0.1) is 0 Å². The van der Waals surface area contributed by atoms with Crippen molar-refractivity contribution in [3.8, 4) is 0 Å². The fraction of sp³-hybridized carbons (Fsp3) is 0. The van der Waals surface area contributed by atoms with Crippen LogP contribution < -0.4 is 36.9 Å². The van der Waals surface area contributed by atoms with Crippen LogP contribution in [0.25, 0.3) is 0 Å². The van der Waals surface area contributed by atoms with Crippen LogP contribution in [0.1, 0.15) is 0 Å². The fourth-order valence-corrected chi connectivity index (χ4v) is 0. The van der Waals surface area contributed by atoms with Crippen LogP contribution in [-0.2, 0) is 16.8 Å². The van der Waals surface area contributed by atoms with E-state index in [-0.39, 0.29) is 53.7 Å². The van der Waals surface area contributed by atoms with Crippen molar-refractivity contribution in [2.45, 2.75) is 0 Å². The van der Waals surface area contributed by atoms with Gasteiger partial charge in [-0.05, 0) is 0 Å². The van der Waals surface area contributed by atoms with E-state index in [0.717, 1.165) is 0 Å². The van der Waals surface area contributed by atoms with Gasteiger partial charge in [0, 0.05) is 16.8 Å². The van der Waals surface area contributed by atoms with Crippen molar-refractivity contribution in [2.75, 3.05) is 0 Å². The SMILES string of the molecule is N.N.N.N.N.N.O=[N+]([O-])O.[Co]. The van der Waals surface area contributed by atoms with Gasteiger partial charge >= 0.3 is 0 Å². The van der Waals surface area contributed by atoms with Crippen LogP contribution in [0.3, 0.4) is 0 Å². The molecule has 0 atom stereocenters. The van der Waals surface area contributed by atoms with E-state index in [2.05, 4.69) is 0 Å². The Morgan fingerprint density at radius 2 is 0.909 bits per heavy atom. The predicted molar refractivity (Wildman–Crippen MR) is 38.9 cm³/mol. The van der Waals surface area contributed by atoms with Crippen LogP contribution >= 0.6 is 0 Å². The molecule has 0 aliphatic carbocycles. The molecule has 0 aromatic rings. The summed E-state index contributed by atoms with van der Waals surface area (Å²) in [7, 11) is 0. The molecule has 0 spiro atoms. The second-order valence-electron chi connectivity index (χ2n) is 0.238. The molecule has 0 aromatic heterocycles. The number of nitrogens with zero attached hydrogens (tertiary/aromatic N) is 1. The monoisotopic (exact) mass is 224 g/mol. The second-order valence-corrected chi connectivity index (χ2v) is 0.238. The molecular formula is H19CoN7O3. The van der Waals surface area contributed by atoms with E-state index in [1.54, 1.807) is 0 Å². The van der Waals surface area contributed by atoms with Crippen LogP contribution in [0.15, 0.2) is 0 Å². The van der Waals surface area contributed by atoms with Crippen LogP contribution in [0.2, 0.25) is 0 Å². The standard InChI is InChI=1S/Co.HNO3.6H3N/c;2-1(3)4;;;;;;/h;(H,2,3,4);6*1H3. The van der Waals surface area contributed by atoms with E-state index >= 15 is 0 Å². The summed E-state index contributed by atoms with van der Waals surface area (Å²) >= 11 is 0. The van der Waals surface area contributed by atoms with E-state index in [1.165, 1.54) is 0 Å². The summed E-state index contributed by atoms with van der Waals surface area (Å²) in [5, 5.41) is 13.6. The molecule has 0 saturated heterocycles. The molecule has 10 nitrogen and oxygen atoms in total. The zero-order valence-electron chi connectivity index (χ0n) is 6.29. The summed E-state index contributed by atoms with van der Waals surface area (Å²) in [6.07, 6.45) is 0. The molecule has 11 heavy (non-hydrogen) atoms. The molecule has 0 amide bonds. The van der Waals surface area contributed by atoms with Gasteiger partial charge in [-0.2, -0.15) is 0 Å². The molecule has 0 unspecified atom stereocenters. The van der Waals surface area contributed by atoms with E-state index in [9.17, 15) is 0 Å². The smallest absolute Gasteiger partial charge is 0.291 e. The van der Waals surface area contributed by atoms with Gasteiger partial charge in [-0.3, -0.25) is 0 Å². The summed E-state index contributed by atoms with van der Waals surface area (Å²) in [6, 6.07) is 0. The van der Waals surface area contributed by atoms with Gasteiger partial charge in [-0.15, -0.1) is 10.1 Å². The van der Waals surface area contributed by atoms with Crippen molar-refractivity contribution < 1.29 is 27.1 Å². The van der Waals surface area contributed by atoms with Crippen LogP contribution in [-0.4, -0.2) is 10.3 Å². The predicted octanol–water partition coefficient (Wildman–Crippen LogP) is 0.622. The summed E-state index contributed by atoms with van der Waals surface area (Å²) in [6.45, 7) is 0. The van der Waals surface area contributed by atoms with Gasteiger partial charge < -0.3 is 42.1 Å². The molecule has 1 radical (unpaired) electrons. The first-order chi connectivity index (χ1) is 1.73. The van der Waals surface area contributed by atoms with E-state index < -0.39 is 5.09 Å². The van der Waals surface area contributed by atoms with Crippen LogP contribution in [0, 0.1) is 10.1 Å². The summed E-state index contributed by atoms with van der Waals surface area (Å²) in [5.74, 6) is 0. The number of hydrogen-bond acceptors (Lipinski definition) is 8. The first kappa shape index (κ1) is 154. The van der Waals surface area contributed by atoms with Gasteiger partial charge in [0.1, 0.15) is 0 Å². The van der Waals surface area contributed by atoms with Gasteiger partial charge in [0.15, 0.2) is 0 Å². The molecule has 0 heterocycles. The van der Waals surface area contributed by atoms with Gasteiger partial charge in [0.2, 0.25) is 0 Å². The molecule has 0 aliphatic heterocycles. The third kappa shape index (κ3) is 1850. The third-order valence-electron chi connectivity index (χ3n) is 0. The van der Waals surface area contributed by atoms with Crippen molar-refractivity contribution in [2.24, 2.45) is 0 Å². The van der Waals surface area contributed by atoms with Gasteiger partial charge in [0.25, 0.3) is 5.09 Å². The molecule has 0 rings (SSSR count). The molecule has 0 aromatic carbocycles. The van der Waals surface area contributed by atoms with Crippen molar-refractivity contribution in [1.29, 1.82) is 0 Å². The van der Waals surface area contributed by atoms with E-state index in [1.807, 2.05) is 0 Å². The Morgan fingerprint density at radius 3 is 0.909 bits per heavy atom.